The van der Waals surface area contributed by atoms with Gasteiger partial charge in [0.25, 0.3) is 0 Å². The van der Waals surface area contributed by atoms with E-state index < -0.39 is 16.6 Å². The molecule has 21 heavy (non-hydrogen) atoms. The van der Waals surface area contributed by atoms with Crippen molar-refractivity contribution >= 4 is 16.6 Å². The van der Waals surface area contributed by atoms with E-state index in [0.717, 1.165) is 0 Å². The van der Waals surface area contributed by atoms with Gasteiger partial charge in [0.2, 0.25) is 0 Å². The lowest BCUT2D eigenvalue weighted by molar-refractivity contribution is 0.181. The van der Waals surface area contributed by atoms with Crippen molar-refractivity contribution in [1.82, 2.24) is 9.47 Å². The van der Waals surface area contributed by atoms with E-state index in [2.05, 4.69) is 43.3 Å². The third-order valence-electron chi connectivity index (χ3n) is 5.82. The summed E-state index contributed by atoms with van der Waals surface area (Å²) < 4.78 is 8.55. The van der Waals surface area contributed by atoms with E-state index in [9.17, 15) is 0 Å². The van der Waals surface area contributed by atoms with Crippen molar-refractivity contribution in [2.45, 2.75) is 64.5 Å². The van der Waals surface area contributed by atoms with Crippen LogP contribution in [-0.2, 0) is 4.43 Å². The molecule has 0 aromatic carbocycles. The maximum Gasteiger partial charge on any atom is 0.186 e. The van der Waals surface area contributed by atoms with Crippen molar-refractivity contribution in [3.63, 3.8) is 0 Å². The smallest absolute Gasteiger partial charge is 0.186 e. The molecule has 126 valence electrons. The Balaban J connectivity index is 2.35. The summed E-state index contributed by atoms with van der Waals surface area (Å²) in [5, 5.41) is 0. The zero-order chi connectivity index (χ0) is 15.9. The summed E-state index contributed by atoms with van der Waals surface area (Å²) >= 11 is 0. The van der Waals surface area contributed by atoms with E-state index in [1.165, 1.54) is 63.3 Å². The van der Waals surface area contributed by atoms with E-state index in [1.807, 2.05) is 7.11 Å². The van der Waals surface area contributed by atoms with Gasteiger partial charge >= 0.3 is 0 Å². The van der Waals surface area contributed by atoms with Crippen molar-refractivity contribution in [1.29, 1.82) is 0 Å². The van der Waals surface area contributed by atoms with Gasteiger partial charge in [-0.05, 0) is 50.2 Å². The zero-order valence-electron chi connectivity index (χ0n) is 15.4. The van der Waals surface area contributed by atoms with Crippen LogP contribution in [0.15, 0.2) is 0 Å². The SMILES string of the molecule is CC[Si](CC)(CC)N1CCN(CCC[Si](C)(C)OC)CC1. The Morgan fingerprint density at radius 3 is 1.86 bits per heavy atom. The molecule has 0 unspecified atom stereocenters. The summed E-state index contributed by atoms with van der Waals surface area (Å²) in [5.41, 5.74) is 0. The van der Waals surface area contributed by atoms with Crippen LogP contribution in [0.25, 0.3) is 0 Å². The molecule has 0 radical (unpaired) electrons. The first-order chi connectivity index (χ1) is 9.93. The molecule has 3 nitrogen and oxygen atoms in total. The van der Waals surface area contributed by atoms with Gasteiger partial charge in [-0.2, -0.15) is 0 Å². The maximum absolute atomic E-state index is 5.65. The van der Waals surface area contributed by atoms with E-state index >= 15 is 0 Å². The van der Waals surface area contributed by atoms with E-state index in [1.54, 1.807) is 0 Å². The summed E-state index contributed by atoms with van der Waals surface area (Å²) in [5.74, 6) is 0. The van der Waals surface area contributed by atoms with E-state index in [0.29, 0.717) is 0 Å². The molecule has 0 spiro atoms. The highest BCUT2D eigenvalue weighted by Crippen LogP contribution is 2.26. The standard InChI is InChI=1S/C16H38N2OSi2/c1-7-21(8-2,9-3)18-14-12-17(13-15-18)11-10-16-20(5,6)19-4/h7-16H2,1-6H3. The van der Waals surface area contributed by atoms with Crippen molar-refractivity contribution in [3.05, 3.63) is 0 Å². The fourth-order valence-electron chi connectivity index (χ4n) is 3.70. The lowest BCUT2D eigenvalue weighted by Gasteiger charge is -2.46. The Morgan fingerprint density at radius 1 is 0.905 bits per heavy atom. The molecule has 0 bridgehead atoms. The first kappa shape index (κ1) is 19.4. The van der Waals surface area contributed by atoms with Crippen molar-refractivity contribution in [3.8, 4) is 0 Å². The van der Waals surface area contributed by atoms with Crippen molar-refractivity contribution in [2.24, 2.45) is 0 Å². The Morgan fingerprint density at radius 2 is 1.43 bits per heavy atom. The van der Waals surface area contributed by atoms with Gasteiger partial charge < -0.3 is 13.9 Å². The van der Waals surface area contributed by atoms with Crippen LogP contribution in [0.5, 0.6) is 0 Å². The Kier molecular flexibility index (Phi) is 8.13. The highest BCUT2D eigenvalue weighted by Gasteiger charge is 2.36. The maximum atomic E-state index is 5.65. The molecule has 0 N–H and O–H groups in total. The van der Waals surface area contributed by atoms with Crippen molar-refractivity contribution < 1.29 is 4.43 Å². The molecule has 0 aliphatic carbocycles. The molecule has 1 rings (SSSR count). The van der Waals surface area contributed by atoms with Crippen LogP contribution in [0, 0.1) is 0 Å². The molecule has 1 saturated heterocycles. The quantitative estimate of drug-likeness (QED) is 0.597. The number of nitrogens with zero attached hydrogens (tertiary/aromatic N) is 2. The highest BCUT2D eigenvalue weighted by atomic mass is 28.4. The molecule has 1 aliphatic rings. The topological polar surface area (TPSA) is 15.7 Å². The Bertz CT molecular complexity index is 280. The van der Waals surface area contributed by atoms with Gasteiger partial charge in [0.05, 0.1) is 0 Å². The lowest BCUT2D eigenvalue weighted by Crippen LogP contribution is -2.59. The molecule has 0 aromatic rings. The Labute approximate surface area is 135 Å². The number of rotatable bonds is 9. The van der Waals surface area contributed by atoms with Gasteiger partial charge in [-0.15, -0.1) is 0 Å². The van der Waals surface area contributed by atoms with Gasteiger partial charge in [-0.3, -0.25) is 0 Å². The summed E-state index contributed by atoms with van der Waals surface area (Å²) in [6, 6.07) is 5.57. The van der Waals surface area contributed by atoms with Gasteiger partial charge in [0.15, 0.2) is 8.32 Å². The molecule has 5 heteroatoms. The average Bonchev–Trinajstić information content (AvgIpc) is 2.51. The van der Waals surface area contributed by atoms with Crippen LogP contribution in [0.4, 0.5) is 0 Å². The molecule has 0 aromatic heterocycles. The molecular formula is C16H38N2OSi2. The average molecular weight is 331 g/mol. The predicted octanol–water partition coefficient (Wildman–Crippen LogP) is 3.85. The fraction of sp³-hybridized carbons (Fsp3) is 1.00. The van der Waals surface area contributed by atoms with Crippen LogP contribution in [0.2, 0.25) is 37.3 Å². The molecule has 0 amide bonds. The van der Waals surface area contributed by atoms with Crippen LogP contribution in [0.3, 0.4) is 0 Å². The largest absolute Gasteiger partial charge is 0.420 e. The van der Waals surface area contributed by atoms with Crippen LogP contribution in [0.1, 0.15) is 27.2 Å². The first-order valence-electron chi connectivity index (χ1n) is 8.95. The number of hydrogen-bond donors (Lipinski definition) is 0. The number of piperazine rings is 1. The highest BCUT2D eigenvalue weighted by molar-refractivity contribution is 6.77. The second-order valence-electron chi connectivity index (χ2n) is 7.18. The monoisotopic (exact) mass is 330 g/mol. The minimum Gasteiger partial charge on any atom is -0.420 e. The third kappa shape index (κ3) is 5.46. The lowest BCUT2D eigenvalue weighted by atomic mass is 10.3. The molecule has 1 aliphatic heterocycles. The first-order valence-corrected chi connectivity index (χ1v) is 14.6. The molecule has 1 heterocycles. The summed E-state index contributed by atoms with van der Waals surface area (Å²) in [6.45, 7) is 18.4. The van der Waals surface area contributed by atoms with Crippen LogP contribution >= 0.6 is 0 Å². The van der Waals surface area contributed by atoms with Gasteiger partial charge in [-0.1, -0.05) is 20.8 Å². The predicted molar refractivity (Wildman–Crippen MR) is 99.1 cm³/mol. The second-order valence-corrected chi connectivity index (χ2v) is 16.8. The third-order valence-corrected chi connectivity index (χ3v) is 14.2. The van der Waals surface area contributed by atoms with Gasteiger partial charge in [0.1, 0.15) is 8.24 Å². The molecule has 0 atom stereocenters. The van der Waals surface area contributed by atoms with Gasteiger partial charge in [-0.25, -0.2) is 0 Å². The zero-order valence-corrected chi connectivity index (χ0v) is 17.4. The number of hydrogen-bond acceptors (Lipinski definition) is 3. The molecule has 0 saturated carbocycles. The summed E-state index contributed by atoms with van der Waals surface area (Å²) in [7, 11) is -0.588. The van der Waals surface area contributed by atoms with E-state index in [4.69, 9.17) is 4.43 Å². The minimum absolute atomic E-state index is 1.12. The second kappa shape index (κ2) is 8.82. The van der Waals surface area contributed by atoms with Crippen LogP contribution in [-0.4, -0.2) is 65.9 Å². The van der Waals surface area contributed by atoms with Gasteiger partial charge in [0, 0.05) is 33.3 Å². The summed E-state index contributed by atoms with van der Waals surface area (Å²) in [4.78, 5) is 2.68. The Hall–Kier alpha value is 0.314. The molecule has 1 fully saturated rings. The summed E-state index contributed by atoms with van der Waals surface area (Å²) in [6.07, 6.45) is 1.31. The molecular weight excluding hydrogens is 292 g/mol. The fourth-order valence-corrected chi connectivity index (χ4v) is 8.90. The van der Waals surface area contributed by atoms with Crippen molar-refractivity contribution in [2.75, 3.05) is 39.8 Å². The minimum atomic E-state index is -1.35. The van der Waals surface area contributed by atoms with Crippen LogP contribution < -0.4 is 0 Å². The normalized spacial score (nSPS) is 19.1. The van der Waals surface area contributed by atoms with E-state index in [-0.39, 0.29) is 0 Å².